The molecule has 2 amide bonds. The van der Waals surface area contributed by atoms with Crippen molar-refractivity contribution in [1.29, 1.82) is 0 Å². The summed E-state index contributed by atoms with van der Waals surface area (Å²) in [6, 6.07) is 17.8. The van der Waals surface area contributed by atoms with Gasteiger partial charge in [0.2, 0.25) is 11.8 Å². The maximum absolute atomic E-state index is 15.3. The van der Waals surface area contributed by atoms with Crippen molar-refractivity contribution in [2.75, 3.05) is 19.4 Å². The Morgan fingerprint density at radius 1 is 1.09 bits per heavy atom. The molecule has 0 saturated carbocycles. The van der Waals surface area contributed by atoms with E-state index in [1.807, 2.05) is 49.3 Å². The number of hydrogen-bond donors (Lipinski definition) is 2. The third-order valence-corrected chi connectivity index (χ3v) is 6.81. The zero-order valence-electron chi connectivity index (χ0n) is 23.9. The highest BCUT2D eigenvalue weighted by Gasteiger charge is 2.22. The molecule has 5 aromatic rings. The SMILES string of the molecule is CN(C)Cc1nccn1-c1ccc(NC(=O)C(Cc2ccccc2)NC(=O)C=Cc2cc(Cl)ccc2-n2cnnn2)c(F)c1. The molecule has 11 nitrogen and oxygen atoms in total. The summed E-state index contributed by atoms with van der Waals surface area (Å²) in [5.74, 6) is -0.989. The van der Waals surface area contributed by atoms with Crippen molar-refractivity contribution in [2.45, 2.75) is 19.0 Å². The van der Waals surface area contributed by atoms with E-state index in [4.69, 9.17) is 11.6 Å². The van der Waals surface area contributed by atoms with E-state index in [-0.39, 0.29) is 12.1 Å². The summed E-state index contributed by atoms with van der Waals surface area (Å²) in [6.07, 6.45) is 7.84. The van der Waals surface area contributed by atoms with Crippen LogP contribution in [0.2, 0.25) is 5.02 Å². The zero-order chi connectivity index (χ0) is 31.1. The Labute approximate surface area is 258 Å². The molecule has 0 bridgehead atoms. The fraction of sp³-hybridized carbons (Fsp3) is 0.161. The molecule has 224 valence electrons. The van der Waals surface area contributed by atoms with Crippen molar-refractivity contribution in [1.82, 2.24) is 40.0 Å². The molecular weight excluding hydrogens is 585 g/mol. The molecule has 1 unspecified atom stereocenters. The van der Waals surface area contributed by atoms with Crippen LogP contribution in [0.4, 0.5) is 10.1 Å². The average Bonchev–Trinajstić information content (AvgIpc) is 3.70. The summed E-state index contributed by atoms with van der Waals surface area (Å²) < 4.78 is 18.5. The molecule has 5 rings (SSSR count). The number of halogens is 2. The molecule has 13 heteroatoms. The minimum atomic E-state index is -1.01. The Bertz CT molecular complexity index is 1770. The summed E-state index contributed by atoms with van der Waals surface area (Å²) in [4.78, 5) is 32.8. The van der Waals surface area contributed by atoms with E-state index in [0.717, 1.165) is 11.4 Å². The van der Waals surface area contributed by atoms with E-state index in [1.54, 1.807) is 47.3 Å². The zero-order valence-corrected chi connectivity index (χ0v) is 24.7. The number of amides is 2. The molecule has 0 spiro atoms. The second-order valence-electron chi connectivity index (χ2n) is 10.1. The van der Waals surface area contributed by atoms with Gasteiger partial charge in [-0.25, -0.2) is 9.37 Å². The second-order valence-corrected chi connectivity index (χ2v) is 10.6. The van der Waals surface area contributed by atoms with Gasteiger partial charge < -0.3 is 20.1 Å². The Balaban J connectivity index is 1.34. The molecule has 2 aromatic heterocycles. The first kappa shape index (κ1) is 30.3. The number of nitrogens with one attached hydrogen (secondary N) is 2. The molecule has 2 N–H and O–H groups in total. The molecule has 3 aromatic carbocycles. The number of nitrogens with zero attached hydrogens (tertiary/aromatic N) is 7. The predicted molar refractivity (Wildman–Crippen MR) is 165 cm³/mol. The Hall–Kier alpha value is -5.20. The number of tetrazole rings is 1. The van der Waals surface area contributed by atoms with Crippen molar-refractivity contribution in [3.63, 3.8) is 0 Å². The summed E-state index contributed by atoms with van der Waals surface area (Å²) >= 11 is 6.18. The van der Waals surface area contributed by atoms with Crippen LogP contribution in [-0.2, 0) is 22.6 Å². The Morgan fingerprint density at radius 3 is 2.64 bits per heavy atom. The third kappa shape index (κ3) is 7.60. The first-order chi connectivity index (χ1) is 21.3. The lowest BCUT2D eigenvalue weighted by molar-refractivity contribution is -0.123. The predicted octanol–water partition coefficient (Wildman–Crippen LogP) is 4.08. The number of anilines is 1. The topological polar surface area (TPSA) is 123 Å². The molecular formula is C31H29ClFN9O2. The van der Waals surface area contributed by atoms with Crippen LogP contribution in [0.5, 0.6) is 0 Å². The summed E-state index contributed by atoms with van der Waals surface area (Å²) in [6.45, 7) is 0.568. The van der Waals surface area contributed by atoms with Crippen LogP contribution in [0.3, 0.4) is 0 Å². The van der Waals surface area contributed by atoms with Crippen LogP contribution in [0, 0.1) is 5.82 Å². The lowest BCUT2D eigenvalue weighted by Gasteiger charge is -2.19. The number of carbonyl (C=O) groups excluding carboxylic acids is 2. The molecule has 0 saturated heterocycles. The summed E-state index contributed by atoms with van der Waals surface area (Å²) in [7, 11) is 3.84. The third-order valence-electron chi connectivity index (χ3n) is 6.58. The minimum absolute atomic E-state index is 0.0131. The first-order valence-corrected chi connectivity index (χ1v) is 14.0. The summed E-state index contributed by atoms with van der Waals surface area (Å²) in [5, 5.41) is 17.0. The molecule has 44 heavy (non-hydrogen) atoms. The monoisotopic (exact) mass is 613 g/mol. The van der Waals surface area contributed by atoms with E-state index >= 15 is 4.39 Å². The number of carbonyl (C=O) groups is 2. The number of benzene rings is 3. The average molecular weight is 614 g/mol. The van der Waals surface area contributed by atoms with Gasteiger partial charge in [0.05, 0.1) is 17.9 Å². The minimum Gasteiger partial charge on any atom is -0.340 e. The van der Waals surface area contributed by atoms with Gasteiger partial charge >= 0.3 is 0 Å². The molecule has 2 heterocycles. The number of rotatable bonds is 11. The highest BCUT2D eigenvalue weighted by atomic mass is 35.5. The highest BCUT2D eigenvalue weighted by Crippen LogP contribution is 2.22. The normalized spacial score (nSPS) is 12.0. The largest absolute Gasteiger partial charge is 0.340 e. The molecule has 0 fully saturated rings. The van der Waals surface area contributed by atoms with Crippen molar-refractivity contribution in [3.8, 4) is 11.4 Å². The Kier molecular flexibility index (Phi) is 9.52. The van der Waals surface area contributed by atoms with Crippen LogP contribution in [0.25, 0.3) is 17.5 Å². The van der Waals surface area contributed by atoms with Gasteiger partial charge in [0.25, 0.3) is 0 Å². The number of imidazole rings is 1. The van der Waals surface area contributed by atoms with Gasteiger partial charge in [-0.1, -0.05) is 41.9 Å². The molecule has 0 aliphatic carbocycles. The van der Waals surface area contributed by atoms with E-state index in [9.17, 15) is 9.59 Å². The van der Waals surface area contributed by atoms with E-state index in [0.29, 0.717) is 28.5 Å². The molecule has 0 radical (unpaired) electrons. The van der Waals surface area contributed by atoms with Gasteiger partial charge in [-0.2, -0.15) is 4.68 Å². The quantitative estimate of drug-likeness (QED) is 0.215. The Morgan fingerprint density at radius 2 is 1.91 bits per heavy atom. The summed E-state index contributed by atoms with van der Waals surface area (Å²) in [5.41, 5.74) is 2.55. The fourth-order valence-electron chi connectivity index (χ4n) is 4.53. The van der Waals surface area contributed by atoms with Gasteiger partial charge in [-0.05, 0) is 66.5 Å². The van der Waals surface area contributed by atoms with Gasteiger partial charge in [-0.15, -0.1) is 5.10 Å². The number of hydrogen-bond acceptors (Lipinski definition) is 7. The van der Waals surface area contributed by atoms with Crippen LogP contribution >= 0.6 is 11.6 Å². The molecule has 0 aliphatic rings. The van der Waals surface area contributed by atoms with Crippen LogP contribution < -0.4 is 10.6 Å². The van der Waals surface area contributed by atoms with Gasteiger partial charge in [0.15, 0.2) is 0 Å². The second kappa shape index (κ2) is 13.8. The van der Waals surface area contributed by atoms with Crippen LogP contribution in [0.15, 0.2) is 91.5 Å². The van der Waals surface area contributed by atoms with Crippen molar-refractivity contribution in [3.05, 3.63) is 119 Å². The van der Waals surface area contributed by atoms with Gasteiger partial charge in [0, 0.05) is 47.2 Å². The lowest BCUT2D eigenvalue weighted by Crippen LogP contribution is -2.44. The van der Waals surface area contributed by atoms with E-state index in [2.05, 4.69) is 31.1 Å². The van der Waals surface area contributed by atoms with Crippen molar-refractivity contribution < 1.29 is 14.0 Å². The highest BCUT2D eigenvalue weighted by molar-refractivity contribution is 6.30. The lowest BCUT2D eigenvalue weighted by atomic mass is 10.0. The van der Waals surface area contributed by atoms with Crippen molar-refractivity contribution in [2.24, 2.45) is 0 Å². The van der Waals surface area contributed by atoms with E-state index in [1.165, 1.54) is 29.2 Å². The smallest absolute Gasteiger partial charge is 0.247 e. The number of aromatic nitrogens is 6. The maximum atomic E-state index is 15.3. The van der Waals surface area contributed by atoms with E-state index < -0.39 is 23.7 Å². The first-order valence-electron chi connectivity index (χ1n) is 13.6. The van der Waals surface area contributed by atoms with Gasteiger partial charge in [0.1, 0.15) is 24.0 Å². The maximum Gasteiger partial charge on any atom is 0.247 e. The fourth-order valence-corrected chi connectivity index (χ4v) is 4.71. The standard InChI is InChI=1S/C31H29ClFN9O2/c1-40(2)19-29-34-14-15-41(29)24-10-11-26(25(33)18-24)37-31(44)27(16-21-6-4-3-5-7-21)36-30(43)13-8-22-17-23(32)9-12-28(22)42-20-35-38-39-42/h3-15,17-18,20,27H,16,19H2,1-2H3,(H,36,43)(H,37,44). The molecule has 0 aliphatic heterocycles. The van der Waals surface area contributed by atoms with Crippen LogP contribution in [-0.4, -0.2) is 66.6 Å². The van der Waals surface area contributed by atoms with Crippen molar-refractivity contribution >= 4 is 35.2 Å². The van der Waals surface area contributed by atoms with Crippen LogP contribution in [0.1, 0.15) is 17.0 Å². The molecule has 1 atom stereocenters. The van der Waals surface area contributed by atoms with Gasteiger partial charge in [-0.3, -0.25) is 9.59 Å².